The van der Waals surface area contributed by atoms with E-state index in [-0.39, 0.29) is 34.7 Å². The summed E-state index contributed by atoms with van der Waals surface area (Å²) in [5.74, 6) is -1.99. The van der Waals surface area contributed by atoms with Crippen LogP contribution in [0.25, 0.3) is 0 Å². The molecule has 1 aliphatic heterocycles. The molecule has 1 unspecified atom stereocenters. The average Bonchev–Trinajstić information content (AvgIpc) is 2.59. The van der Waals surface area contributed by atoms with Gasteiger partial charge in [-0.2, -0.15) is 0 Å². The van der Waals surface area contributed by atoms with Crippen LogP contribution in [0.15, 0.2) is 37.4 Å². The van der Waals surface area contributed by atoms with Gasteiger partial charge in [0.05, 0.1) is 18.6 Å². The van der Waals surface area contributed by atoms with Crippen molar-refractivity contribution < 1.29 is 14.6 Å². The van der Waals surface area contributed by atoms with Gasteiger partial charge in [-0.3, -0.25) is 24.5 Å². The van der Waals surface area contributed by atoms with Crippen molar-refractivity contribution in [3.63, 3.8) is 0 Å². The maximum absolute atomic E-state index is 12.4. The van der Waals surface area contributed by atoms with E-state index in [0.29, 0.717) is 0 Å². The lowest BCUT2D eigenvalue weighted by atomic mass is 9.84. The second kappa shape index (κ2) is 6.59. The second-order valence-electron chi connectivity index (χ2n) is 5.72. The number of methoxy groups -OCH3 is 1. The van der Waals surface area contributed by atoms with Crippen LogP contribution in [0.4, 0.5) is 0 Å². The maximum Gasteiger partial charge on any atom is 0.328 e. The van der Waals surface area contributed by atoms with E-state index in [1.807, 2.05) is 15.0 Å². The van der Waals surface area contributed by atoms with Crippen molar-refractivity contribution in [2.45, 2.75) is 5.92 Å². The minimum atomic E-state index is -1.20. The van der Waals surface area contributed by atoms with Crippen molar-refractivity contribution in [3.05, 3.63) is 76.6 Å². The third kappa shape index (κ3) is 2.68. The Morgan fingerprint density at radius 1 is 0.964 bits per heavy atom. The van der Waals surface area contributed by atoms with E-state index in [2.05, 4.69) is 4.98 Å². The summed E-state index contributed by atoms with van der Waals surface area (Å²) in [7, 11) is 1.38. The van der Waals surface area contributed by atoms with Crippen molar-refractivity contribution in [3.8, 4) is 23.3 Å². The first kappa shape index (κ1) is 18.7. The predicted molar refractivity (Wildman–Crippen MR) is 94.8 cm³/mol. The zero-order chi connectivity index (χ0) is 19.3. The first-order chi connectivity index (χ1) is 12.9. The molecule has 2 aromatic heterocycles. The van der Waals surface area contributed by atoms with Gasteiger partial charge in [0.1, 0.15) is 0 Å². The van der Waals surface area contributed by atoms with Gasteiger partial charge in [0.2, 0.25) is 5.88 Å². The van der Waals surface area contributed by atoms with Gasteiger partial charge in [-0.05, 0) is 11.9 Å². The molecule has 28 heavy (non-hydrogen) atoms. The number of aromatic nitrogens is 4. The molecule has 1 atom stereocenters. The summed E-state index contributed by atoms with van der Waals surface area (Å²) < 4.78 is 10.9. The number of benzene rings is 1. The van der Waals surface area contributed by atoms with Gasteiger partial charge in [-0.15, -0.1) is 0 Å². The summed E-state index contributed by atoms with van der Waals surface area (Å²) >= 11 is 0. The number of para-hydroxylation sites is 1. The van der Waals surface area contributed by atoms with E-state index in [9.17, 15) is 24.3 Å². The molecule has 0 saturated heterocycles. The molecule has 12 nitrogen and oxygen atoms in total. The first-order valence-electron chi connectivity index (χ1n) is 7.65. The van der Waals surface area contributed by atoms with Gasteiger partial charge in [0.25, 0.3) is 11.1 Å². The number of aromatic amines is 4. The van der Waals surface area contributed by atoms with Gasteiger partial charge in [0.15, 0.2) is 11.5 Å². The largest absolute Gasteiger partial charge is 0.860 e. The number of nitrogens with one attached hydrogen (secondary N) is 4. The molecule has 146 valence electrons. The molecule has 3 heterocycles. The highest BCUT2D eigenvalue weighted by atomic mass is 16.5. The molecule has 1 aromatic carbocycles. The SMILES string of the molecule is COc1cccc2c1Oc1[nH]c(=O)[nH]c(=O)c1C2c1c([O-])[nH]c(=O)[nH]c1=O.[NH4+]. The van der Waals surface area contributed by atoms with E-state index in [0.717, 1.165) is 0 Å². The summed E-state index contributed by atoms with van der Waals surface area (Å²) in [6.07, 6.45) is 0. The number of rotatable bonds is 2. The number of H-pyrrole nitrogens is 4. The zero-order valence-corrected chi connectivity index (χ0v) is 14.7. The summed E-state index contributed by atoms with van der Waals surface area (Å²) in [5, 5.41) is 12.4. The van der Waals surface area contributed by atoms with Crippen LogP contribution in [0.2, 0.25) is 0 Å². The normalized spacial score (nSPS) is 14.2. The van der Waals surface area contributed by atoms with Crippen LogP contribution in [-0.2, 0) is 0 Å². The van der Waals surface area contributed by atoms with Crippen LogP contribution in [-0.4, -0.2) is 27.0 Å². The molecule has 0 radical (unpaired) electrons. The molecule has 0 bridgehead atoms. The Hall–Kier alpha value is -4.06. The van der Waals surface area contributed by atoms with Crippen LogP contribution in [0.5, 0.6) is 23.3 Å². The Morgan fingerprint density at radius 3 is 2.25 bits per heavy atom. The van der Waals surface area contributed by atoms with Gasteiger partial charge >= 0.3 is 11.4 Å². The lowest BCUT2D eigenvalue weighted by Gasteiger charge is -2.29. The molecule has 1 aliphatic rings. The van der Waals surface area contributed by atoms with Gasteiger partial charge in [-0.1, -0.05) is 12.1 Å². The van der Waals surface area contributed by atoms with Gasteiger partial charge in [0, 0.05) is 11.1 Å². The quantitative estimate of drug-likeness (QED) is 0.294. The minimum absolute atomic E-state index is 0. The number of quaternary nitrogens is 1. The fraction of sp³-hybridized carbons (Fsp3) is 0.125. The Kier molecular flexibility index (Phi) is 4.41. The van der Waals surface area contributed by atoms with Crippen molar-refractivity contribution in [1.82, 2.24) is 26.1 Å². The van der Waals surface area contributed by atoms with Crippen LogP contribution in [0.3, 0.4) is 0 Å². The van der Waals surface area contributed by atoms with Crippen LogP contribution >= 0.6 is 0 Å². The maximum atomic E-state index is 12.4. The van der Waals surface area contributed by atoms with E-state index >= 15 is 0 Å². The fourth-order valence-corrected chi connectivity index (χ4v) is 3.14. The van der Waals surface area contributed by atoms with E-state index in [4.69, 9.17) is 9.47 Å². The number of hydrogen-bond acceptors (Lipinski definition) is 7. The Morgan fingerprint density at radius 2 is 1.61 bits per heavy atom. The summed E-state index contributed by atoms with van der Waals surface area (Å²) in [6, 6.07) is 4.70. The van der Waals surface area contributed by atoms with E-state index in [1.165, 1.54) is 7.11 Å². The average molecular weight is 389 g/mol. The summed E-state index contributed by atoms with van der Waals surface area (Å²) in [5.41, 5.74) is -3.85. The Bertz CT molecular complexity index is 1280. The molecule has 0 aliphatic carbocycles. The molecular formula is C16H15N5O7. The molecule has 3 aromatic rings. The second-order valence-corrected chi connectivity index (χ2v) is 5.72. The van der Waals surface area contributed by atoms with Crippen molar-refractivity contribution in [2.24, 2.45) is 0 Å². The first-order valence-corrected chi connectivity index (χ1v) is 7.65. The van der Waals surface area contributed by atoms with E-state index in [1.54, 1.807) is 18.2 Å². The lowest BCUT2D eigenvalue weighted by Crippen LogP contribution is -2.35. The third-order valence-corrected chi connectivity index (χ3v) is 4.21. The third-order valence-electron chi connectivity index (χ3n) is 4.21. The zero-order valence-electron chi connectivity index (χ0n) is 14.7. The van der Waals surface area contributed by atoms with Crippen molar-refractivity contribution in [1.29, 1.82) is 0 Å². The monoisotopic (exact) mass is 389 g/mol. The molecule has 12 heteroatoms. The molecular weight excluding hydrogens is 374 g/mol. The molecule has 4 rings (SSSR count). The molecule has 8 N–H and O–H groups in total. The predicted octanol–water partition coefficient (Wildman–Crippen LogP) is -0.816. The number of fused-ring (bicyclic) bond motifs is 2. The smallest absolute Gasteiger partial charge is 0.328 e. The lowest BCUT2D eigenvalue weighted by molar-refractivity contribution is -0.276. The van der Waals surface area contributed by atoms with E-state index < -0.39 is 39.9 Å². The van der Waals surface area contributed by atoms with Crippen LogP contribution in [0.1, 0.15) is 22.6 Å². The molecule has 0 spiro atoms. The highest BCUT2D eigenvalue weighted by Crippen LogP contribution is 2.48. The minimum Gasteiger partial charge on any atom is -0.860 e. The van der Waals surface area contributed by atoms with Crippen molar-refractivity contribution in [2.75, 3.05) is 7.11 Å². The van der Waals surface area contributed by atoms with Crippen molar-refractivity contribution >= 4 is 0 Å². The number of hydrogen-bond donors (Lipinski definition) is 5. The van der Waals surface area contributed by atoms with Crippen LogP contribution < -0.4 is 43.2 Å². The molecule has 0 fully saturated rings. The standard InChI is InChI=1S/C16H12N4O7.H3N/c1-26-6-4-2-3-5-7(8-11(21)17-15(24)18-12(8)22)9-13(23)19-16(25)20-14(9)27-10(5)6;/h2-4,7H,1H3,(H2,19,20,23,25)(H3,17,18,21,22,24);1H3. The van der Waals surface area contributed by atoms with Crippen LogP contribution in [0, 0.1) is 0 Å². The van der Waals surface area contributed by atoms with Gasteiger partial charge < -0.3 is 25.7 Å². The summed E-state index contributed by atoms with van der Waals surface area (Å²) in [4.78, 5) is 56.2. The fourth-order valence-electron chi connectivity index (χ4n) is 3.14. The van der Waals surface area contributed by atoms with Gasteiger partial charge in [-0.25, -0.2) is 9.59 Å². The highest BCUT2D eigenvalue weighted by molar-refractivity contribution is 5.61. The Labute approximate surface area is 154 Å². The number of ether oxygens (including phenoxy) is 2. The molecule has 0 amide bonds. The summed E-state index contributed by atoms with van der Waals surface area (Å²) in [6.45, 7) is 0. The molecule has 0 saturated carbocycles. The highest BCUT2D eigenvalue weighted by Gasteiger charge is 2.36. The Balaban J connectivity index is 0.00000225. The topological polar surface area (TPSA) is 209 Å².